The Morgan fingerprint density at radius 3 is 2.21 bits per heavy atom. The molecule has 0 saturated carbocycles. The lowest BCUT2D eigenvalue weighted by Crippen LogP contribution is -2.08. The Kier molecular flexibility index (Phi) is 5.57. The lowest BCUT2D eigenvalue weighted by atomic mass is 10.1. The largest absolute Gasteiger partial charge is 0.280 e. The molecule has 0 aliphatic rings. The standard InChI is InChI=1S/C11H11ClN2O2S.C2H6/c1-9(10-5-3-2-4-6-10)14-8-7-11(13-14)17(12,15)16;1-2/h2-9H,1H3;1-2H3. The van der Waals surface area contributed by atoms with Crippen LogP contribution >= 0.6 is 10.7 Å². The summed E-state index contributed by atoms with van der Waals surface area (Å²) in [5, 5.41) is 3.83. The highest BCUT2D eigenvalue weighted by atomic mass is 35.7. The van der Waals surface area contributed by atoms with Gasteiger partial charge in [-0.1, -0.05) is 44.2 Å². The monoisotopic (exact) mass is 300 g/mol. The first-order valence-electron chi connectivity index (χ1n) is 6.03. The van der Waals surface area contributed by atoms with Crippen molar-refractivity contribution in [1.29, 1.82) is 0 Å². The first-order valence-corrected chi connectivity index (χ1v) is 8.34. The van der Waals surface area contributed by atoms with Crippen LogP contribution in [0.3, 0.4) is 0 Å². The SMILES string of the molecule is CC.CC(c1ccccc1)n1ccc(S(=O)(=O)Cl)n1. The Morgan fingerprint density at radius 2 is 1.74 bits per heavy atom. The molecule has 0 amide bonds. The summed E-state index contributed by atoms with van der Waals surface area (Å²) in [6, 6.07) is 11.0. The van der Waals surface area contributed by atoms with Gasteiger partial charge >= 0.3 is 0 Å². The minimum Gasteiger partial charge on any atom is -0.264 e. The first-order chi connectivity index (χ1) is 8.98. The van der Waals surface area contributed by atoms with Crippen LogP contribution in [-0.2, 0) is 9.05 Å². The molecule has 104 valence electrons. The third kappa shape index (κ3) is 4.08. The molecule has 2 aromatic rings. The number of aromatic nitrogens is 2. The summed E-state index contributed by atoms with van der Waals surface area (Å²) in [6.07, 6.45) is 1.60. The molecule has 0 fully saturated rings. The zero-order valence-corrected chi connectivity index (χ0v) is 12.7. The van der Waals surface area contributed by atoms with E-state index < -0.39 is 9.05 Å². The third-order valence-electron chi connectivity index (χ3n) is 2.51. The van der Waals surface area contributed by atoms with Gasteiger partial charge in [-0.05, 0) is 18.6 Å². The van der Waals surface area contributed by atoms with Crippen LogP contribution in [0.25, 0.3) is 0 Å². The molecule has 1 aromatic heterocycles. The van der Waals surface area contributed by atoms with E-state index in [-0.39, 0.29) is 11.1 Å². The van der Waals surface area contributed by atoms with Crippen LogP contribution in [0.1, 0.15) is 32.4 Å². The van der Waals surface area contributed by atoms with Gasteiger partial charge in [0.15, 0.2) is 5.03 Å². The number of halogens is 1. The van der Waals surface area contributed by atoms with Gasteiger partial charge in [0.2, 0.25) is 0 Å². The van der Waals surface area contributed by atoms with Gasteiger partial charge in [-0.15, -0.1) is 0 Å². The number of benzene rings is 1. The van der Waals surface area contributed by atoms with E-state index >= 15 is 0 Å². The molecule has 1 unspecified atom stereocenters. The molecule has 19 heavy (non-hydrogen) atoms. The van der Waals surface area contributed by atoms with Crippen molar-refractivity contribution in [2.75, 3.05) is 0 Å². The van der Waals surface area contributed by atoms with E-state index in [1.54, 1.807) is 10.9 Å². The summed E-state index contributed by atoms with van der Waals surface area (Å²) in [5.41, 5.74) is 1.05. The van der Waals surface area contributed by atoms with Crippen molar-refractivity contribution in [2.45, 2.75) is 31.8 Å². The minimum absolute atomic E-state index is 0.0385. The highest BCUT2D eigenvalue weighted by Crippen LogP contribution is 2.19. The van der Waals surface area contributed by atoms with Gasteiger partial charge < -0.3 is 0 Å². The zero-order valence-electron chi connectivity index (χ0n) is 11.1. The van der Waals surface area contributed by atoms with Crippen LogP contribution < -0.4 is 0 Å². The van der Waals surface area contributed by atoms with Crippen molar-refractivity contribution < 1.29 is 8.42 Å². The maximum Gasteiger partial charge on any atom is 0.280 e. The van der Waals surface area contributed by atoms with Crippen LogP contribution in [-0.4, -0.2) is 18.2 Å². The molecule has 0 spiro atoms. The Balaban J connectivity index is 0.000000861. The van der Waals surface area contributed by atoms with Gasteiger partial charge in [0.25, 0.3) is 9.05 Å². The van der Waals surface area contributed by atoms with Crippen molar-refractivity contribution in [2.24, 2.45) is 0 Å². The van der Waals surface area contributed by atoms with Crippen LogP contribution in [0.15, 0.2) is 47.6 Å². The molecule has 4 nitrogen and oxygen atoms in total. The molecule has 1 heterocycles. The molecule has 0 saturated heterocycles. The molecule has 1 atom stereocenters. The normalized spacial score (nSPS) is 12.4. The molecule has 2 rings (SSSR count). The fraction of sp³-hybridized carbons (Fsp3) is 0.308. The molecular formula is C13H17ClN2O2S. The zero-order chi connectivity index (χ0) is 14.5. The second-order valence-corrected chi connectivity index (χ2v) is 6.17. The van der Waals surface area contributed by atoms with Gasteiger partial charge in [0.05, 0.1) is 6.04 Å². The molecule has 1 aromatic carbocycles. The molecule has 0 aliphatic heterocycles. The van der Waals surface area contributed by atoms with Crippen LogP contribution in [0.4, 0.5) is 0 Å². The van der Waals surface area contributed by atoms with Crippen molar-refractivity contribution in [3.63, 3.8) is 0 Å². The van der Waals surface area contributed by atoms with Gasteiger partial charge in [-0.2, -0.15) is 5.10 Å². The van der Waals surface area contributed by atoms with E-state index in [0.29, 0.717) is 0 Å². The Morgan fingerprint density at radius 1 is 1.16 bits per heavy atom. The van der Waals surface area contributed by atoms with Crippen molar-refractivity contribution in [3.8, 4) is 0 Å². The maximum atomic E-state index is 11.1. The molecule has 0 radical (unpaired) electrons. The van der Waals surface area contributed by atoms with Crippen LogP contribution in [0, 0.1) is 0 Å². The molecular weight excluding hydrogens is 284 g/mol. The molecule has 6 heteroatoms. The minimum atomic E-state index is -3.76. The van der Waals surface area contributed by atoms with Gasteiger partial charge in [-0.3, -0.25) is 4.68 Å². The number of rotatable bonds is 3. The maximum absolute atomic E-state index is 11.1. The van der Waals surface area contributed by atoms with Gasteiger partial charge in [-0.25, -0.2) is 8.42 Å². The van der Waals surface area contributed by atoms with Crippen molar-refractivity contribution in [1.82, 2.24) is 9.78 Å². The first kappa shape index (κ1) is 15.7. The lowest BCUT2D eigenvalue weighted by Gasteiger charge is -2.11. The van der Waals surface area contributed by atoms with Crippen LogP contribution in [0.5, 0.6) is 0 Å². The predicted molar refractivity (Wildman–Crippen MR) is 76.9 cm³/mol. The van der Waals surface area contributed by atoms with Crippen molar-refractivity contribution in [3.05, 3.63) is 48.2 Å². The highest BCUT2D eigenvalue weighted by Gasteiger charge is 2.16. The number of nitrogens with zero attached hydrogens (tertiary/aromatic N) is 2. The predicted octanol–water partition coefficient (Wildman–Crippen LogP) is 3.45. The van der Waals surface area contributed by atoms with Crippen LogP contribution in [0.2, 0.25) is 0 Å². The van der Waals surface area contributed by atoms with E-state index in [4.69, 9.17) is 10.7 Å². The fourth-order valence-corrected chi connectivity index (χ4v) is 2.21. The number of hydrogen-bond acceptors (Lipinski definition) is 3. The van der Waals surface area contributed by atoms with Gasteiger partial charge in [0, 0.05) is 16.9 Å². The van der Waals surface area contributed by atoms with Crippen molar-refractivity contribution >= 4 is 19.7 Å². The third-order valence-corrected chi connectivity index (χ3v) is 3.70. The average Bonchev–Trinajstić information content (AvgIpc) is 2.91. The van der Waals surface area contributed by atoms with Gasteiger partial charge in [0.1, 0.15) is 0 Å². The second kappa shape index (κ2) is 6.73. The molecule has 0 aliphatic carbocycles. The summed E-state index contributed by atoms with van der Waals surface area (Å²) in [6.45, 7) is 5.94. The second-order valence-electron chi connectivity index (χ2n) is 3.66. The summed E-state index contributed by atoms with van der Waals surface area (Å²) >= 11 is 0. The van der Waals surface area contributed by atoms with E-state index in [1.165, 1.54) is 6.07 Å². The van der Waals surface area contributed by atoms with E-state index in [2.05, 4.69) is 5.10 Å². The summed E-state index contributed by atoms with van der Waals surface area (Å²) in [7, 11) is 1.46. The Labute approximate surface area is 118 Å². The summed E-state index contributed by atoms with van der Waals surface area (Å²) in [4.78, 5) is 0. The van der Waals surface area contributed by atoms with E-state index in [0.717, 1.165) is 5.56 Å². The Bertz CT molecular complexity index is 609. The number of hydrogen-bond donors (Lipinski definition) is 0. The Hall–Kier alpha value is -1.33. The summed E-state index contributed by atoms with van der Waals surface area (Å²) in [5.74, 6) is 0. The van der Waals surface area contributed by atoms with E-state index in [9.17, 15) is 8.42 Å². The quantitative estimate of drug-likeness (QED) is 0.816. The highest BCUT2D eigenvalue weighted by molar-refractivity contribution is 8.13. The fourth-order valence-electron chi connectivity index (χ4n) is 1.55. The van der Waals surface area contributed by atoms with E-state index in [1.807, 2.05) is 51.1 Å². The lowest BCUT2D eigenvalue weighted by molar-refractivity contribution is 0.545. The molecule has 0 bridgehead atoms. The molecule has 0 N–H and O–H groups in total. The summed E-state index contributed by atoms with van der Waals surface area (Å²) < 4.78 is 23.8. The average molecular weight is 301 g/mol. The topological polar surface area (TPSA) is 52.0 Å². The smallest absolute Gasteiger partial charge is 0.264 e.